The third-order valence-electron chi connectivity index (χ3n) is 3.29. The molecule has 0 aromatic heterocycles. The molecule has 0 radical (unpaired) electrons. The minimum absolute atomic E-state index is 0.625. The molecule has 1 atom stereocenters. The monoisotopic (exact) mass is 380 g/mol. The van der Waals surface area contributed by atoms with E-state index in [2.05, 4.69) is 87.3 Å². The maximum absolute atomic E-state index is 3.66. The van der Waals surface area contributed by atoms with E-state index in [1.54, 1.807) is 0 Å². The van der Waals surface area contributed by atoms with Crippen molar-refractivity contribution in [2.24, 2.45) is 5.92 Å². The highest BCUT2D eigenvalue weighted by Gasteiger charge is 2.11. The summed E-state index contributed by atoms with van der Waals surface area (Å²) in [5.41, 5.74) is 4.16. The summed E-state index contributed by atoms with van der Waals surface area (Å²) in [4.78, 5) is 0. The van der Waals surface area contributed by atoms with Crippen LogP contribution in [-0.2, 0) is 12.8 Å². The van der Waals surface area contributed by atoms with E-state index in [0.717, 1.165) is 18.2 Å². The molecule has 0 N–H and O–H groups in total. The topological polar surface area (TPSA) is 0 Å². The van der Waals surface area contributed by atoms with Gasteiger partial charge in [0.05, 0.1) is 0 Å². The maximum atomic E-state index is 3.66. The molecule has 0 fully saturated rings. The lowest BCUT2D eigenvalue weighted by Crippen LogP contribution is -2.10. The van der Waals surface area contributed by atoms with Crippen molar-refractivity contribution in [3.05, 3.63) is 69.7 Å². The highest BCUT2D eigenvalue weighted by atomic mass is 79.9. The van der Waals surface area contributed by atoms with E-state index in [0.29, 0.717) is 5.92 Å². The Morgan fingerprint density at radius 2 is 1.79 bits per heavy atom. The molecule has 19 heavy (non-hydrogen) atoms. The van der Waals surface area contributed by atoms with Gasteiger partial charge in [0.15, 0.2) is 0 Å². The van der Waals surface area contributed by atoms with Crippen molar-refractivity contribution >= 4 is 31.9 Å². The minimum atomic E-state index is 0.625. The van der Waals surface area contributed by atoms with Crippen molar-refractivity contribution in [2.45, 2.75) is 19.8 Å². The SMILES string of the molecule is Cc1cccc(CC(CBr)Cc2ccccc2Br)c1. The van der Waals surface area contributed by atoms with Gasteiger partial charge in [0.25, 0.3) is 0 Å². The molecule has 0 saturated heterocycles. The Morgan fingerprint density at radius 1 is 1.00 bits per heavy atom. The Balaban J connectivity index is 2.07. The first-order valence-corrected chi connectivity index (χ1v) is 8.45. The molecular weight excluding hydrogens is 364 g/mol. The van der Waals surface area contributed by atoms with Crippen LogP contribution < -0.4 is 0 Å². The van der Waals surface area contributed by atoms with Crippen molar-refractivity contribution in [3.63, 3.8) is 0 Å². The Bertz CT molecular complexity index is 534. The lowest BCUT2D eigenvalue weighted by molar-refractivity contribution is 0.590. The largest absolute Gasteiger partial charge is 0.0925 e. The number of rotatable bonds is 5. The average molecular weight is 382 g/mol. The average Bonchev–Trinajstić information content (AvgIpc) is 2.40. The van der Waals surface area contributed by atoms with E-state index in [-0.39, 0.29) is 0 Å². The van der Waals surface area contributed by atoms with Crippen LogP contribution in [-0.4, -0.2) is 5.33 Å². The highest BCUT2D eigenvalue weighted by molar-refractivity contribution is 9.10. The minimum Gasteiger partial charge on any atom is -0.0925 e. The van der Waals surface area contributed by atoms with Gasteiger partial charge in [-0.05, 0) is 42.9 Å². The molecule has 0 bridgehead atoms. The zero-order chi connectivity index (χ0) is 13.7. The van der Waals surface area contributed by atoms with E-state index in [9.17, 15) is 0 Å². The van der Waals surface area contributed by atoms with Gasteiger partial charge in [-0.3, -0.25) is 0 Å². The van der Waals surface area contributed by atoms with Crippen LogP contribution >= 0.6 is 31.9 Å². The normalized spacial score (nSPS) is 12.4. The van der Waals surface area contributed by atoms with Gasteiger partial charge in [0, 0.05) is 9.80 Å². The number of alkyl halides is 1. The molecule has 2 heteroatoms. The van der Waals surface area contributed by atoms with Crippen molar-refractivity contribution in [1.29, 1.82) is 0 Å². The van der Waals surface area contributed by atoms with Gasteiger partial charge in [-0.2, -0.15) is 0 Å². The number of aryl methyl sites for hydroxylation is 1. The smallest absolute Gasteiger partial charge is 0.0207 e. The van der Waals surface area contributed by atoms with Crippen molar-refractivity contribution in [1.82, 2.24) is 0 Å². The number of hydrogen-bond donors (Lipinski definition) is 0. The molecule has 0 spiro atoms. The Hall–Kier alpha value is -0.600. The predicted octanol–water partition coefficient (Wildman–Crippen LogP) is 5.55. The van der Waals surface area contributed by atoms with Gasteiger partial charge in [-0.25, -0.2) is 0 Å². The van der Waals surface area contributed by atoms with Crippen LogP contribution in [0.15, 0.2) is 53.0 Å². The first-order valence-electron chi connectivity index (χ1n) is 6.54. The van der Waals surface area contributed by atoms with Gasteiger partial charge in [-0.1, -0.05) is 79.9 Å². The van der Waals surface area contributed by atoms with E-state index >= 15 is 0 Å². The fraction of sp³-hybridized carbons (Fsp3) is 0.294. The lowest BCUT2D eigenvalue weighted by Gasteiger charge is -2.15. The summed E-state index contributed by atoms with van der Waals surface area (Å²) in [6, 6.07) is 17.3. The van der Waals surface area contributed by atoms with Crippen molar-refractivity contribution in [3.8, 4) is 0 Å². The van der Waals surface area contributed by atoms with Crippen LogP contribution in [0.5, 0.6) is 0 Å². The molecule has 0 aliphatic carbocycles. The van der Waals surface area contributed by atoms with Crippen molar-refractivity contribution < 1.29 is 0 Å². The zero-order valence-corrected chi connectivity index (χ0v) is 14.2. The van der Waals surface area contributed by atoms with Crippen LogP contribution in [0.3, 0.4) is 0 Å². The van der Waals surface area contributed by atoms with E-state index in [4.69, 9.17) is 0 Å². The molecule has 0 nitrogen and oxygen atoms in total. The van der Waals surface area contributed by atoms with E-state index < -0.39 is 0 Å². The highest BCUT2D eigenvalue weighted by Crippen LogP contribution is 2.23. The van der Waals surface area contributed by atoms with Gasteiger partial charge in [-0.15, -0.1) is 0 Å². The third-order valence-corrected chi connectivity index (χ3v) is 4.98. The molecule has 0 saturated carbocycles. The van der Waals surface area contributed by atoms with Crippen LogP contribution in [0.25, 0.3) is 0 Å². The molecule has 0 aliphatic rings. The first kappa shape index (κ1) is 14.8. The summed E-state index contributed by atoms with van der Waals surface area (Å²) in [5.74, 6) is 0.625. The molecule has 0 heterocycles. The van der Waals surface area contributed by atoms with E-state index in [1.165, 1.54) is 21.2 Å². The molecule has 1 unspecified atom stereocenters. The molecule has 2 aromatic carbocycles. The van der Waals surface area contributed by atoms with E-state index in [1.807, 2.05) is 0 Å². The molecule has 0 amide bonds. The molecule has 2 aromatic rings. The second-order valence-corrected chi connectivity index (χ2v) is 6.51. The summed E-state index contributed by atoms with van der Waals surface area (Å²) in [6.07, 6.45) is 2.22. The number of halogens is 2. The molecule has 2 rings (SSSR count). The van der Waals surface area contributed by atoms with Gasteiger partial charge >= 0.3 is 0 Å². The summed E-state index contributed by atoms with van der Waals surface area (Å²) >= 11 is 7.29. The Morgan fingerprint density at radius 3 is 2.47 bits per heavy atom. The van der Waals surface area contributed by atoms with Crippen LogP contribution in [0.4, 0.5) is 0 Å². The van der Waals surface area contributed by atoms with Crippen LogP contribution in [0.1, 0.15) is 16.7 Å². The summed E-state index contributed by atoms with van der Waals surface area (Å²) in [6.45, 7) is 2.15. The first-order chi connectivity index (χ1) is 9.19. The van der Waals surface area contributed by atoms with Gasteiger partial charge < -0.3 is 0 Å². The fourth-order valence-corrected chi connectivity index (χ4v) is 3.23. The van der Waals surface area contributed by atoms with Gasteiger partial charge in [0.1, 0.15) is 0 Å². The second kappa shape index (κ2) is 7.25. The summed E-state index contributed by atoms with van der Waals surface area (Å²) in [7, 11) is 0. The quantitative estimate of drug-likeness (QED) is 0.595. The van der Waals surface area contributed by atoms with Crippen LogP contribution in [0.2, 0.25) is 0 Å². The Kier molecular flexibility index (Phi) is 5.65. The predicted molar refractivity (Wildman–Crippen MR) is 90.0 cm³/mol. The van der Waals surface area contributed by atoms with Crippen molar-refractivity contribution in [2.75, 3.05) is 5.33 Å². The maximum Gasteiger partial charge on any atom is 0.0207 e. The summed E-state index contributed by atoms with van der Waals surface area (Å²) in [5, 5.41) is 1.03. The molecular formula is C17H18Br2. The molecule has 0 aliphatic heterocycles. The molecule has 100 valence electrons. The third kappa shape index (κ3) is 4.47. The van der Waals surface area contributed by atoms with Crippen LogP contribution in [0, 0.1) is 12.8 Å². The Labute approximate surface area is 132 Å². The zero-order valence-electron chi connectivity index (χ0n) is 11.1. The fourth-order valence-electron chi connectivity index (χ4n) is 2.33. The number of benzene rings is 2. The lowest BCUT2D eigenvalue weighted by atomic mass is 9.93. The van der Waals surface area contributed by atoms with Gasteiger partial charge in [0.2, 0.25) is 0 Å². The standard InChI is InChI=1S/C17H18Br2/c1-13-5-4-6-14(9-13)10-15(12-18)11-16-7-2-3-8-17(16)19/h2-9,15H,10-12H2,1H3. The second-order valence-electron chi connectivity index (χ2n) is 5.01. The number of hydrogen-bond acceptors (Lipinski definition) is 0. The summed E-state index contributed by atoms with van der Waals surface area (Å²) < 4.78 is 1.21.